The number of halogens is 2. The van der Waals surface area contributed by atoms with Gasteiger partial charge in [0.05, 0.1) is 6.10 Å². The van der Waals surface area contributed by atoms with Crippen LogP contribution in [0.3, 0.4) is 0 Å². The summed E-state index contributed by atoms with van der Waals surface area (Å²) in [6, 6.07) is 4.81. The molecule has 1 saturated carbocycles. The van der Waals surface area contributed by atoms with Crippen LogP contribution in [-0.4, -0.2) is 11.2 Å². The van der Waals surface area contributed by atoms with Crippen molar-refractivity contribution in [2.75, 3.05) is 0 Å². The molecule has 2 atom stereocenters. The van der Waals surface area contributed by atoms with Gasteiger partial charge in [-0.2, -0.15) is 0 Å². The van der Waals surface area contributed by atoms with Crippen LogP contribution in [0.1, 0.15) is 31.7 Å². The molecule has 0 spiro atoms. The first kappa shape index (κ1) is 11.9. The lowest BCUT2D eigenvalue weighted by molar-refractivity contribution is 0.163. The number of rotatable bonds is 2. The fourth-order valence-corrected chi connectivity index (χ4v) is 2.73. The van der Waals surface area contributed by atoms with E-state index in [2.05, 4.69) is 6.92 Å². The number of aliphatic hydroxyl groups is 1. The molecule has 0 aliphatic heterocycles. The molecule has 1 aliphatic carbocycles. The summed E-state index contributed by atoms with van der Waals surface area (Å²) in [5.74, 6) is -0.241. The lowest BCUT2D eigenvalue weighted by Gasteiger charge is -2.23. The Morgan fingerprint density at radius 2 is 2.31 bits per heavy atom. The Balaban J connectivity index is 2.14. The molecule has 1 nitrogen and oxygen atoms in total. The van der Waals surface area contributed by atoms with E-state index in [1.165, 1.54) is 6.07 Å². The Hall–Kier alpha value is -0.600. The summed E-state index contributed by atoms with van der Waals surface area (Å²) >= 11 is 5.71. The summed E-state index contributed by atoms with van der Waals surface area (Å²) in [4.78, 5) is 0. The highest BCUT2D eigenvalue weighted by Crippen LogP contribution is 2.41. The summed E-state index contributed by atoms with van der Waals surface area (Å²) in [6.07, 6.45) is 2.99. The van der Waals surface area contributed by atoms with Crippen LogP contribution >= 0.6 is 11.6 Å². The van der Waals surface area contributed by atoms with Crippen molar-refractivity contribution in [3.05, 3.63) is 34.6 Å². The summed E-state index contributed by atoms with van der Waals surface area (Å²) in [5, 5.41) is 9.97. The monoisotopic (exact) mass is 242 g/mol. The minimum absolute atomic E-state index is 0.0219. The molecule has 1 N–H and O–H groups in total. The first-order chi connectivity index (χ1) is 7.48. The van der Waals surface area contributed by atoms with Gasteiger partial charge in [-0.3, -0.25) is 0 Å². The van der Waals surface area contributed by atoms with Crippen LogP contribution in [0.5, 0.6) is 0 Å². The van der Waals surface area contributed by atoms with E-state index in [1.54, 1.807) is 12.1 Å². The largest absolute Gasteiger partial charge is 0.393 e. The maximum atomic E-state index is 13.6. The van der Waals surface area contributed by atoms with Crippen LogP contribution < -0.4 is 0 Å². The van der Waals surface area contributed by atoms with Gasteiger partial charge in [0, 0.05) is 5.02 Å². The quantitative estimate of drug-likeness (QED) is 0.841. The van der Waals surface area contributed by atoms with Crippen molar-refractivity contribution in [1.82, 2.24) is 0 Å². The molecule has 1 aliphatic rings. The Bertz CT molecular complexity index is 394. The molecule has 3 heteroatoms. The van der Waals surface area contributed by atoms with Crippen molar-refractivity contribution < 1.29 is 9.50 Å². The molecular formula is C13H16ClFO. The van der Waals surface area contributed by atoms with E-state index in [4.69, 9.17) is 11.6 Å². The van der Waals surface area contributed by atoms with Crippen LogP contribution in [-0.2, 0) is 6.42 Å². The van der Waals surface area contributed by atoms with Crippen LogP contribution in [0.25, 0.3) is 0 Å². The first-order valence-electron chi connectivity index (χ1n) is 5.60. The van der Waals surface area contributed by atoms with Gasteiger partial charge in [0.2, 0.25) is 0 Å². The van der Waals surface area contributed by atoms with Gasteiger partial charge in [-0.15, -0.1) is 0 Å². The SMILES string of the molecule is CC1(Cc2ccc(Cl)cc2F)CCC(O)C1. The van der Waals surface area contributed by atoms with Crippen LogP contribution in [0, 0.1) is 11.2 Å². The maximum absolute atomic E-state index is 13.6. The molecule has 0 heterocycles. The van der Waals surface area contributed by atoms with Crippen molar-refractivity contribution >= 4 is 11.6 Å². The van der Waals surface area contributed by atoms with Gasteiger partial charge >= 0.3 is 0 Å². The smallest absolute Gasteiger partial charge is 0.127 e. The zero-order valence-electron chi connectivity index (χ0n) is 9.34. The molecule has 2 unspecified atom stereocenters. The Morgan fingerprint density at radius 1 is 1.56 bits per heavy atom. The van der Waals surface area contributed by atoms with Crippen molar-refractivity contribution in [1.29, 1.82) is 0 Å². The van der Waals surface area contributed by atoms with Gasteiger partial charge < -0.3 is 5.11 Å². The zero-order chi connectivity index (χ0) is 11.8. The summed E-state index contributed by atoms with van der Waals surface area (Å²) in [5.41, 5.74) is 0.717. The van der Waals surface area contributed by atoms with E-state index in [9.17, 15) is 9.50 Å². The molecule has 2 rings (SSSR count). The first-order valence-corrected chi connectivity index (χ1v) is 5.98. The molecule has 0 bridgehead atoms. The third-order valence-corrected chi connectivity index (χ3v) is 3.68. The van der Waals surface area contributed by atoms with Gasteiger partial charge in [-0.1, -0.05) is 24.6 Å². The van der Waals surface area contributed by atoms with Crippen molar-refractivity contribution in [2.45, 2.75) is 38.7 Å². The molecule has 0 aromatic heterocycles. The molecule has 1 aromatic rings. The summed E-state index contributed by atoms with van der Waals surface area (Å²) < 4.78 is 13.6. The molecular weight excluding hydrogens is 227 g/mol. The number of hydrogen-bond acceptors (Lipinski definition) is 1. The minimum Gasteiger partial charge on any atom is -0.393 e. The molecule has 0 radical (unpaired) electrons. The third kappa shape index (κ3) is 2.55. The zero-order valence-corrected chi connectivity index (χ0v) is 10.1. The normalized spacial score (nSPS) is 29.6. The molecule has 1 aromatic carbocycles. The van der Waals surface area contributed by atoms with E-state index >= 15 is 0 Å². The Morgan fingerprint density at radius 3 is 2.88 bits per heavy atom. The van der Waals surface area contributed by atoms with E-state index < -0.39 is 0 Å². The highest BCUT2D eigenvalue weighted by molar-refractivity contribution is 6.30. The van der Waals surface area contributed by atoms with Gasteiger partial charge in [0.1, 0.15) is 5.82 Å². The van der Waals surface area contributed by atoms with Crippen LogP contribution in [0.2, 0.25) is 5.02 Å². The fraction of sp³-hybridized carbons (Fsp3) is 0.538. The van der Waals surface area contributed by atoms with E-state index in [0.717, 1.165) is 19.3 Å². The van der Waals surface area contributed by atoms with Crippen molar-refractivity contribution in [3.8, 4) is 0 Å². The Kier molecular flexibility index (Phi) is 3.22. The lowest BCUT2D eigenvalue weighted by Crippen LogP contribution is -2.17. The van der Waals surface area contributed by atoms with Crippen molar-refractivity contribution in [3.63, 3.8) is 0 Å². The number of benzene rings is 1. The highest BCUT2D eigenvalue weighted by Gasteiger charge is 2.34. The van der Waals surface area contributed by atoms with Gasteiger partial charge in [0.25, 0.3) is 0 Å². The molecule has 0 saturated heterocycles. The molecule has 16 heavy (non-hydrogen) atoms. The fourth-order valence-electron chi connectivity index (χ4n) is 2.57. The van der Waals surface area contributed by atoms with Gasteiger partial charge in [-0.25, -0.2) is 4.39 Å². The predicted molar refractivity (Wildman–Crippen MR) is 63.1 cm³/mol. The second kappa shape index (κ2) is 4.34. The molecule has 0 amide bonds. The van der Waals surface area contributed by atoms with E-state index in [0.29, 0.717) is 17.0 Å². The second-order valence-electron chi connectivity index (χ2n) is 5.12. The van der Waals surface area contributed by atoms with Gasteiger partial charge in [-0.05, 0) is 48.8 Å². The minimum atomic E-state index is -0.241. The summed E-state index contributed by atoms with van der Waals surface area (Å²) in [6.45, 7) is 2.11. The predicted octanol–water partition coefficient (Wildman–Crippen LogP) is 3.57. The topological polar surface area (TPSA) is 20.2 Å². The third-order valence-electron chi connectivity index (χ3n) is 3.44. The molecule has 88 valence electrons. The highest BCUT2D eigenvalue weighted by atomic mass is 35.5. The Labute approximate surface area is 100 Å². The average molecular weight is 243 g/mol. The average Bonchev–Trinajstić information content (AvgIpc) is 2.52. The lowest BCUT2D eigenvalue weighted by atomic mass is 9.82. The van der Waals surface area contributed by atoms with Crippen molar-refractivity contribution in [2.24, 2.45) is 5.41 Å². The van der Waals surface area contributed by atoms with Crippen LogP contribution in [0.4, 0.5) is 4.39 Å². The van der Waals surface area contributed by atoms with E-state index in [-0.39, 0.29) is 17.3 Å². The maximum Gasteiger partial charge on any atom is 0.127 e. The molecule has 1 fully saturated rings. The summed E-state index contributed by atoms with van der Waals surface area (Å²) in [7, 11) is 0. The second-order valence-corrected chi connectivity index (χ2v) is 5.56. The number of aliphatic hydroxyl groups excluding tert-OH is 1. The van der Waals surface area contributed by atoms with Crippen LogP contribution in [0.15, 0.2) is 18.2 Å². The van der Waals surface area contributed by atoms with E-state index in [1.807, 2.05) is 0 Å². The number of hydrogen-bond donors (Lipinski definition) is 1. The van der Waals surface area contributed by atoms with Gasteiger partial charge in [0.15, 0.2) is 0 Å². The standard InChI is InChI=1S/C13H16ClFO/c1-13(5-4-11(16)8-13)7-9-2-3-10(14)6-12(9)15/h2-3,6,11,16H,4-5,7-8H2,1H3.